The van der Waals surface area contributed by atoms with Crippen LogP contribution < -0.4 is 4.74 Å². The molecule has 1 atom stereocenters. The number of ether oxygens (including phenoxy) is 1. The van der Waals surface area contributed by atoms with E-state index in [1.165, 1.54) is 0 Å². The molecule has 0 aliphatic heterocycles. The maximum Gasteiger partial charge on any atom is 0.161 e. The number of rotatable bonds is 5. The fourth-order valence-corrected chi connectivity index (χ4v) is 3.72. The molecule has 1 aliphatic rings. The lowest BCUT2D eigenvalue weighted by molar-refractivity contribution is 0.192. The average Bonchev–Trinajstić information content (AvgIpc) is 2.70. The van der Waals surface area contributed by atoms with E-state index >= 15 is 4.39 Å². The fraction of sp³-hybridized carbons (Fsp3) is 0.429. The maximum absolute atomic E-state index is 16.5. The van der Waals surface area contributed by atoms with Crippen LogP contribution in [0.5, 0.6) is 5.75 Å². The standard InChI is InChI=1S/C21H26FNO/c1-23(2)14-6-13-21(22)19-8-5-4-7-16(19)9-10-17-11-12-18(24-3)15-20(17)21/h4-5,7-8,11-12,15H,6,9-10,13-14H2,1-3H3. The number of fused-ring (bicyclic) bond motifs is 2. The van der Waals surface area contributed by atoms with E-state index in [9.17, 15) is 0 Å². The number of alkyl halides is 1. The van der Waals surface area contributed by atoms with E-state index in [0.717, 1.165) is 53.8 Å². The first-order valence-corrected chi connectivity index (χ1v) is 8.64. The summed E-state index contributed by atoms with van der Waals surface area (Å²) in [5, 5.41) is 0. The number of aryl methyl sites for hydroxylation is 2. The van der Waals surface area contributed by atoms with Gasteiger partial charge in [-0.15, -0.1) is 0 Å². The highest BCUT2D eigenvalue weighted by Gasteiger charge is 2.39. The summed E-state index contributed by atoms with van der Waals surface area (Å²) in [6.07, 6.45) is 3.06. The molecule has 1 aliphatic carbocycles. The summed E-state index contributed by atoms with van der Waals surface area (Å²) < 4.78 is 21.9. The van der Waals surface area contributed by atoms with Crippen LogP contribution in [0.25, 0.3) is 0 Å². The highest BCUT2D eigenvalue weighted by Crippen LogP contribution is 2.45. The van der Waals surface area contributed by atoms with Crippen LogP contribution in [0.15, 0.2) is 42.5 Å². The van der Waals surface area contributed by atoms with Crippen molar-refractivity contribution in [2.75, 3.05) is 27.7 Å². The third-order valence-corrected chi connectivity index (χ3v) is 4.98. The lowest BCUT2D eigenvalue weighted by Crippen LogP contribution is -2.25. The van der Waals surface area contributed by atoms with Crippen molar-refractivity contribution in [2.45, 2.75) is 31.4 Å². The summed E-state index contributed by atoms with van der Waals surface area (Å²) in [4.78, 5) is 2.11. The molecule has 2 aromatic carbocycles. The second-order valence-corrected chi connectivity index (χ2v) is 6.89. The minimum Gasteiger partial charge on any atom is -0.497 e. The molecule has 0 fully saturated rings. The summed E-state index contributed by atoms with van der Waals surface area (Å²) in [5.41, 5.74) is 2.38. The van der Waals surface area contributed by atoms with Gasteiger partial charge in [0.1, 0.15) is 5.75 Å². The van der Waals surface area contributed by atoms with Gasteiger partial charge in [0.2, 0.25) is 0 Å². The topological polar surface area (TPSA) is 12.5 Å². The van der Waals surface area contributed by atoms with Gasteiger partial charge in [0.15, 0.2) is 5.67 Å². The summed E-state index contributed by atoms with van der Waals surface area (Å²) in [6, 6.07) is 13.8. The predicted octanol–water partition coefficient (Wildman–Crippen LogP) is 4.35. The third kappa shape index (κ3) is 3.18. The summed E-state index contributed by atoms with van der Waals surface area (Å²) in [7, 11) is 5.70. The van der Waals surface area contributed by atoms with Crippen molar-refractivity contribution in [3.8, 4) is 5.75 Å². The van der Waals surface area contributed by atoms with Crippen molar-refractivity contribution in [2.24, 2.45) is 0 Å². The number of nitrogens with zero attached hydrogens (tertiary/aromatic N) is 1. The summed E-state index contributed by atoms with van der Waals surface area (Å²) in [6.45, 7) is 0.882. The van der Waals surface area contributed by atoms with Crippen LogP contribution in [0, 0.1) is 0 Å². The van der Waals surface area contributed by atoms with Crippen molar-refractivity contribution in [3.63, 3.8) is 0 Å². The van der Waals surface area contributed by atoms with Crippen LogP contribution in [0.2, 0.25) is 0 Å². The Hall–Kier alpha value is -1.87. The lowest BCUT2D eigenvalue weighted by atomic mass is 9.81. The van der Waals surface area contributed by atoms with E-state index in [1.807, 2.05) is 50.5 Å². The zero-order valence-corrected chi connectivity index (χ0v) is 14.8. The van der Waals surface area contributed by atoms with Crippen LogP contribution in [0.4, 0.5) is 4.39 Å². The van der Waals surface area contributed by atoms with Crippen LogP contribution in [0.3, 0.4) is 0 Å². The van der Waals surface area contributed by atoms with Gasteiger partial charge in [-0.2, -0.15) is 0 Å². The molecule has 128 valence electrons. The molecular formula is C21H26FNO. The van der Waals surface area contributed by atoms with Gasteiger partial charge >= 0.3 is 0 Å². The minimum atomic E-state index is -1.45. The molecule has 2 aromatic rings. The van der Waals surface area contributed by atoms with Crippen LogP contribution >= 0.6 is 0 Å². The Labute approximate surface area is 144 Å². The Morgan fingerprint density at radius 2 is 1.75 bits per heavy atom. The molecule has 0 saturated carbocycles. The van der Waals surface area contributed by atoms with Crippen molar-refractivity contribution in [3.05, 3.63) is 64.7 Å². The lowest BCUT2D eigenvalue weighted by Gasteiger charge is -2.29. The predicted molar refractivity (Wildman–Crippen MR) is 96.5 cm³/mol. The van der Waals surface area contributed by atoms with E-state index in [2.05, 4.69) is 11.0 Å². The molecule has 0 N–H and O–H groups in total. The first-order chi connectivity index (χ1) is 11.5. The van der Waals surface area contributed by atoms with Crippen molar-refractivity contribution >= 4 is 0 Å². The molecule has 3 rings (SSSR count). The highest BCUT2D eigenvalue weighted by molar-refractivity contribution is 5.50. The van der Waals surface area contributed by atoms with E-state index in [0.29, 0.717) is 6.42 Å². The normalized spacial score (nSPS) is 19.5. The molecule has 0 spiro atoms. The molecule has 0 radical (unpaired) electrons. The monoisotopic (exact) mass is 327 g/mol. The van der Waals surface area contributed by atoms with Gasteiger partial charge < -0.3 is 9.64 Å². The SMILES string of the molecule is COc1ccc2c(c1)C(F)(CCCN(C)C)c1ccccc1CC2. The zero-order valence-electron chi connectivity index (χ0n) is 14.8. The smallest absolute Gasteiger partial charge is 0.161 e. The van der Waals surface area contributed by atoms with Gasteiger partial charge in [-0.3, -0.25) is 0 Å². The molecule has 0 saturated heterocycles. The van der Waals surface area contributed by atoms with E-state index in [4.69, 9.17) is 4.74 Å². The zero-order chi connectivity index (χ0) is 17.2. The molecule has 3 heteroatoms. The molecule has 24 heavy (non-hydrogen) atoms. The fourth-order valence-electron chi connectivity index (χ4n) is 3.72. The van der Waals surface area contributed by atoms with Gasteiger partial charge in [0.05, 0.1) is 7.11 Å². The Bertz CT molecular complexity index is 713. The van der Waals surface area contributed by atoms with Crippen LogP contribution in [-0.2, 0) is 18.5 Å². The Balaban J connectivity index is 2.09. The quantitative estimate of drug-likeness (QED) is 0.809. The molecule has 0 amide bonds. The van der Waals surface area contributed by atoms with Gasteiger partial charge in [-0.1, -0.05) is 30.3 Å². The summed E-state index contributed by atoms with van der Waals surface area (Å²) >= 11 is 0. The number of halogens is 1. The number of methoxy groups -OCH3 is 1. The first-order valence-electron chi connectivity index (χ1n) is 8.64. The third-order valence-electron chi connectivity index (χ3n) is 4.98. The Morgan fingerprint density at radius 3 is 2.46 bits per heavy atom. The van der Waals surface area contributed by atoms with Gasteiger partial charge in [0.25, 0.3) is 0 Å². The van der Waals surface area contributed by atoms with E-state index in [1.54, 1.807) is 7.11 Å². The van der Waals surface area contributed by atoms with E-state index in [-0.39, 0.29) is 0 Å². The van der Waals surface area contributed by atoms with Crippen molar-refractivity contribution < 1.29 is 9.13 Å². The minimum absolute atomic E-state index is 0.488. The van der Waals surface area contributed by atoms with Crippen molar-refractivity contribution in [1.29, 1.82) is 0 Å². The largest absolute Gasteiger partial charge is 0.497 e. The highest BCUT2D eigenvalue weighted by atomic mass is 19.1. The van der Waals surface area contributed by atoms with Gasteiger partial charge in [-0.05, 0) is 75.1 Å². The second kappa shape index (κ2) is 6.94. The number of hydrogen-bond donors (Lipinski definition) is 0. The van der Waals surface area contributed by atoms with Gasteiger partial charge in [-0.25, -0.2) is 4.39 Å². The van der Waals surface area contributed by atoms with Crippen LogP contribution in [0.1, 0.15) is 35.1 Å². The first kappa shape index (κ1) is 17.0. The van der Waals surface area contributed by atoms with Gasteiger partial charge in [0, 0.05) is 5.56 Å². The average molecular weight is 327 g/mol. The second-order valence-electron chi connectivity index (χ2n) is 6.89. The number of hydrogen-bond acceptors (Lipinski definition) is 2. The molecule has 0 heterocycles. The van der Waals surface area contributed by atoms with Crippen molar-refractivity contribution in [1.82, 2.24) is 4.90 Å². The summed E-state index contributed by atoms with van der Waals surface area (Å²) in [5.74, 6) is 0.725. The Morgan fingerprint density at radius 1 is 1.04 bits per heavy atom. The molecule has 2 nitrogen and oxygen atoms in total. The molecule has 0 bridgehead atoms. The maximum atomic E-state index is 16.5. The molecule has 0 aromatic heterocycles. The van der Waals surface area contributed by atoms with Crippen LogP contribution in [-0.4, -0.2) is 32.6 Å². The molecular weight excluding hydrogens is 301 g/mol. The number of benzene rings is 2. The Kier molecular flexibility index (Phi) is 4.91. The molecule has 1 unspecified atom stereocenters. The van der Waals surface area contributed by atoms with E-state index < -0.39 is 5.67 Å².